The topological polar surface area (TPSA) is 36.9 Å². The van der Waals surface area contributed by atoms with Gasteiger partial charge in [0.05, 0.1) is 25.6 Å². The lowest BCUT2D eigenvalue weighted by molar-refractivity contribution is 0.199. The largest absolute Gasteiger partial charge is 0.498 e. The Morgan fingerprint density at radius 1 is 0.486 bits per heavy atom. The highest BCUT2D eigenvalue weighted by Crippen LogP contribution is 2.44. The molecule has 0 aliphatic heterocycles. The summed E-state index contributed by atoms with van der Waals surface area (Å²) < 4.78 is 28.5. The second kappa shape index (κ2) is 23.2. The zero-order valence-corrected chi connectivity index (χ0v) is 47.1. The molecule has 5 heteroatoms. The fourth-order valence-electron chi connectivity index (χ4n) is 9.07. The summed E-state index contributed by atoms with van der Waals surface area (Å²) in [6.45, 7) is 38.6. The maximum atomic E-state index is 7.52. The third-order valence-electron chi connectivity index (χ3n) is 13.7. The second-order valence-corrected chi connectivity index (χ2v) is 25.8. The average molecular weight is 963 g/mol. The number of hydrogen-bond acceptors (Lipinski definition) is 4. The number of hydrogen-bond donors (Lipinski definition) is 0. The van der Waals surface area contributed by atoms with Crippen molar-refractivity contribution in [3.05, 3.63) is 170 Å². The number of rotatable bonds is 14. The van der Waals surface area contributed by atoms with Gasteiger partial charge in [-0.15, -0.1) is 0 Å². The fraction of sp³-hybridized carbons (Fsp3) is 0.477. The van der Waals surface area contributed by atoms with Crippen LogP contribution in [0.4, 0.5) is 0 Å². The summed E-state index contributed by atoms with van der Waals surface area (Å²) in [5.41, 5.74) is 13.3. The van der Waals surface area contributed by atoms with Crippen LogP contribution in [0, 0.1) is 5.41 Å². The fourth-order valence-corrected chi connectivity index (χ4v) is 11.0. The van der Waals surface area contributed by atoms with E-state index in [4.69, 9.17) is 18.9 Å². The Morgan fingerprint density at radius 3 is 1.30 bits per heavy atom. The molecule has 0 unspecified atom stereocenters. The summed E-state index contributed by atoms with van der Waals surface area (Å²) in [4.78, 5) is 0. The van der Waals surface area contributed by atoms with Gasteiger partial charge >= 0.3 is 0 Å². The number of benzene rings is 5. The highest BCUT2D eigenvalue weighted by Gasteiger charge is 2.29. The molecule has 1 aliphatic carbocycles. The van der Waals surface area contributed by atoms with E-state index in [1.807, 2.05) is 0 Å². The van der Waals surface area contributed by atoms with Crippen LogP contribution in [0.2, 0.25) is 0 Å². The molecule has 0 amide bonds. The number of ether oxygens (including phenoxy) is 4. The van der Waals surface area contributed by atoms with Crippen LogP contribution >= 0.6 is 7.92 Å². The second-order valence-electron chi connectivity index (χ2n) is 23.7. The minimum absolute atomic E-state index is 0.0310. The minimum atomic E-state index is -0.833. The molecule has 0 fully saturated rings. The lowest BCUT2D eigenvalue weighted by Gasteiger charge is -2.29. The van der Waals surface area contributed by atoms with Gasteiger partial charge < -0.3 is 18.9 Å². The molecule has 5 aromatic carbocycles. The van der Waals surface area contributed by atoms with E-state index in [-0.39, 0.29) is 21.7 Å². The minimum Gasteiger partial charge on any atom is -0.498 e. The molecule has 6 rings (SSSR count). The van der Waals surface area contributed by atoms with Crippen LogP contribution in [0.3, 0.4) is 0 Å². The molecule has 6 bridgehead atoms. The molecule has 0 saturated carbocycles. The lowest BCUT2D eigenvalue weighted by Crippen LogP contribution is -2.19. The zero-order chi connectivity index (χ0) is 51.0. The van der Waals surface area contributed by atoms with Crippen molar-refractivity contribution < 1.29 is 18.9 Å². The SMILES string of the molecule is CCCO/C1=C(/C=C(\C)C(C)(C)C)Cc2cc(C(C)(C)C)cc(c2OCC)Cc2cc(C(C)(C)C)cc(c2OCCC)Cc2cc(C(C)(C)C)cc(c2OCP(c2ccccc2)c2ccccc2)CC1. The summed E-state index contributed by atoms with van der Waals surface area (Å²) in [5, 5.41) is 2.61. The first-order valence-electron chi connectivity index (χ1n) is 26.3. The van der Waals surface area contributed by atoms with E-state index >= 15 is 0 Å². The van der Waals surface area contributed by atoms with Crippen molar-refractivity contribution in [2.24, 2.45) is 5.41 Å². The molecular formula is C65H87O4P. The average Bonchev–Trinajstić information content (AvgIpc) is 3.29. The molecule has 0 radical (unpaired) electrons. The number of allylic oxidation sites excluding steroid dienone is 4. The third-order valence-corrected chi connectivity index (χ3v) is 15.9. The molecule has 5 aromatic rings. The summed E-state index contributed by atoms with van der Waals surface area (Å²) in [5.74, 6) is 3.99. The Kier molecular flexibility index (Phi) is 18.1. The van der Waals surface area contributed by atoms with Crippen LogP contribution in [0.5, 0.6) is 17.2 Å². The van der Waals surface area contributed by atoms with Gasteiger partial charge in [0.2, 0.25) is 0 Å². The van der Waals surface area contributed by atoms with E-state index in [0.717, 1.165) is 48.7 Å². The van der Waals surface area contributed by atoms with Gasteiger partial charge in [-0.1, -0.05) is 206 Å². The predicted molar refractivity (Wildman–Crippen MR) is 301 cm³/mol. The van der Waals surface area contributed by atoms with Gasteiger partial charge in [0, 0.05) is 25.7 Å². The van der Waals surface area contributed by atoms with Gasteiger partial charge in [0.1, 0.15) is 23.6 Å². The van der Waals surface area contributed by atoms with Crippen molar-refractivity contribution >= 4 is 18.5 Å². The molecule has 0 N–H and O–H groups in total. The van der Waals surface area contributed by atoms with E-state index < -0.39 is 7.92 Å². The Balaban J connectivity index is 1.74. The van der Waals surface area contributed by atoms with Crippen molar-refractivity contribution in [3.63, 3.8) is 0 Å². The Morgan fingerprint density at radius 2 is 0.886 bits per heavy atom. The van der Waals surface area contributed by atoms with Gasteiger partial charge in [-0.2, -0.15) is 0 Å². The summed E-state index contributed by atoms with van der Waals surface area (Å²) >= 11 is 0. The van der Waals surface area contributed by atoms with Crippen LogP contribution in [-0.2, 0) is 46.7 Å². The Labute approximate surface area is 426 Å². The van der Waals surface area contributed by atoms with E-state index in [0.29, 0.717) is 45.4 Å². The summed E-state index contributed by atoms with van der Waals surface area (Å²) in [6, 6.07) is 36.5. The first-order chi connectivity index (χ1) is 33.0. The molecule has 0 spiro atoms. The normalized spacial score (nSPS) is 15.2. The number of aryl methyl sites for hydroxylation is 1. The van der Waals surface area contributed by atoms with Crippen molar-refractivity contribution in [2.75, 3.05) is 26.2 Å². The van der Waals surface area contributed by atoms with Crippen molar-refractivity contribution in [2.45, 2.75) is 172 Å². The zero-order valence-electron chi connectivity index (χ0n) is 46.2. The van der Waals surface area contributed by atoms with Crippen LogP contribution in [0.25, 0.3) is 0 Å². The van der Waals surface area contributed by atoms with Crippen molar-refractivity contribution in [3.8, 4) is 17.2 Å². The molecule has 4 nitrogen and oxygen atoms in total. The maximum absolute atomic E-state index is 7.52. The number of fused-ring (bicyclic) bond motifs is 6. The van der Waals surface area contributed by atoms with Gasteiger partial charge in [0.25, 0.3) is 0 Å². The van der Waals surface area contributed by atoms with Crippen molar-refractivity contribution in [1.82, 2.24) is 0 Å². The highest BCUT2D eigenvalue weighted by molar-refractivity contribution is 7.72. The molecule has 0 atom stereocenters. The standard InChI is InChI=1S/C65H87O4P/c1-17-32-67-58-31-30-46-38-53(63(8,9)10)40-49(59(46)69-44-70(56-26-22-20-23-27-56)57-28-24-21-25-29-57)36-51-42-55(65(14,15)16)43-52(61(51)68-33-18-2)37-50-41-54(64(11,12)13)39-48(60(50)66-19-3)35-47(58)34-45(4)62(5,6)7/h20-29,34,38-43H,17-19,30-33,35-37,44H2,1-16H3/b45-34+,58-47-. The van der Waals surface area contributed by atoms with Crippen molar-refractivity contribution in [1.29, 1.82) is 0 Å². The van der Waals surface area contributed by atoms with Gasteiger partial charge in [-0.3, -0.25) is 0 Å². The Hall–Kier alpha value is -4.79. The molecule has 1 aliphatic rings. The summed E-state index contributed by atoms with van der Waals surface area (Å²) in [6.07, 6.45) is 8.32. The molecule has 0 heterocycles. The predicted octanol–water partition coefficient (Wildman–Crippen LogP) is 16.6. The quantitative estimate of drug-likeness (QED) is 0.104. The Bertz CT molecular complexity index is 2550. The maximum Gasteiger partial charge on any atom is 0.126 e. The molecule has 70 heavy (non-hydrogen) atoms. The van der Waals surface area contributed by atoms with E-state index in [1.165, 1.54) is 71.8 Å². The van der Waals surface area contributed by atoms with E-state index in [9.17, 15) is 0 Å². The molecule has 0 saturated heterocycles. The van der Waals surface area contributed by atoms with Gasteiger partial charge in [-0.25, -0.2) is 0 Å². The monoisotopic (exact) mass is 963 g/mol. The summed E-state index contributed by atoms with van der Waals surface area (Å²) in [7, 11) is -0.833. The first kappa shape index (κ1) is 54.5. The molecular weight excluding hydrogens is 876 g/mol. The van der Waals surface area contributed by atoms with Crippen LogP contribution in [0.1, 0.15) is 180 Å². The third kappa shape index (κ3) is 14.0. The van der Waals surface area contributed by atoms with E-state index in [2.05, 4.69) is 214 Å². The van der Waals surface area contributed by atoms with Crippen LogP contribution in [-0.4, -0.2) is 26.2 Å². The molecule has 376 valence electrons. The smallest absolute Gasteiger partial charge is 0.126 e. The van der Waals surface area contributed by atoms with Crippen LogP contribution < -0.4 is 24.8 Å². The first-order valence-corrected chi connectivity index (χ1v) is 27.8. The van der Waals surface area contributed by atoms with Gasteiger partial charge in [-0.05, 0) is 129 Å². The van der Waals surface area contributed by atoms with Gasteiger partial charge in [0.15, 0.2) is 0 Å². The lowest BCUT2D eigenvalue weighted by atomic mass is 9.80. The van der Waals surface area contributed by atoms with Crippen LogP contribution in [0.15, 0.2) is 120 Å². The van der Waals surface area contributed by atoms with E-state index in [1.54, 1.807) is 0 Å². The highest BCUT2D eigenvalue weighted by atomic mass is 31.1. The molecule has 0 aromatic heterocycles.